The zero-order valence-corrected chi connectivity index (χ0v) is 14.2. The van der Waals surface area contributed by atoms with E-state index < -0.39 is 24.2 Å². The van der Waals surface area contributed by atoms with Crippen LogP contribution in [-0.2, 0) is 4.79 Å². The Morgan fingerprint density at radius 3 is 2.56 bits per heavy atom. The van der Waals surface area contributed by atoms with Gasteiger partial charge in [-0.1, -0.05) is 0 Å². The molecule has 1 N–H and O–H groups in total. The van der Waals surface area contributed by atoms with Gasteiger partial charge in [0.1, 0.15) is 6.04 Å². The summed E-state index contributed by atoms with van der Waals surface area (Å²) in [5.41, 5.74) is 0.531. The summed E-state index contributed by atoms with van der Waals surface area (Å²) in [6.45, 7) is 2.71. The van der Waals surface area contributed by atoms with E-state index in [0.29, 0.717) is 5.69 Å². The van der Waals surface area contributed by atoms with E-state index in [2.05, 4.69) is 10.3 Å². The molecule has 0 bridgehead atoms. The Morgan fingerprint density at radius 1 is 1.32 bits per heavy atom. The van der Waals surface area contributed by atoms with Gasteiger partial charge < -0.3 is 15.0 Å². The van der Waals surface area contributed by atoms with E-state index in [1.54, 1.807) is 6.92 Å². The topological polar surface area (TPSA) is 71.5 Å². The van der Waals surface area contributed by atoms with Crippen LogP contribution in [-0.4, -0.2) is 53.6 Å². The average Bonchev–Trinajstić information content (AvgIpc) is 2.51. The Morgan fingerprint density at radius 2 is 2.00 bits per heavy atom. The Labute approximate surface area is 143 Å². The Bertz CT molecular complexity index is 664. The van der Waals surface area contributed by atoms with Crippen molar-refractivity contribution in [3.05, 3.63) is 23.4 Å². The van der Waals surface area contributed by atoms with Crippen molar-refractivity contribution in [2.45, 2.75) is 44.9 Å². The molecule has 2 heterocycles. The predicted molar refractivity (Wildman–Crippen MR) is 83.2 cm³/mol. The molecular formula is C16H20F3N3O3. The normalized spacial score (nSPS) is 21.0. The SMILES string of the molecule is COc1cc(C(=O)N2CC(NC(C)=O)CCC2C(F)(F)F)cc(C)n1. The molecule has 2 atom stereocenters. The van der Waals surface area contributed by atoms with Crippen LogP contribution in [0.15, 0.2) is 12.1 Å². The molecule has 2 amide bonds. The van der Waals surface area contributed by atoms with Gasteiger partial charge in [0.2, 0.25) is 11.8 Å². The van der Waals surface area contributed by atoms with Crippen LogP contribution in [0.2, 0.25) is 0 Å². The highest BCUT2D eigenvalue weighted by Crippen LogP contribution is 2.33. The van der Waals surface area contributed by atoms with Crippen LogP contribution in [0.4, 0.5) is 13.2 Å². The smallest absolute Gasteiger partial charge is 0.408 e. The summed E-state index contributed by atoms with van der Waals surface area (Å²) in [5.74, 6) is -0.951. The highest BCUT2D eigenvalue weighted by Gasteiger charge is 2.48. The van der Waals surface area contributed by atoms with Gasteiger partial charge in [-0.05, 0) is 25.8 Å². The molecule has 9 heteroatoms. The molecule has 0 saturated carbocycles. The Kier molecular flexibility index (Phi) is 5.54. The summed E-state index contributed by atoms with van der Waals surface area (Å²) < 4.78 is 45.1. The first-order valence-electron chi connectivity index (χ1n) is 7.79. The number of halogens is 3. The summed E-state index contributed by atoms with van der Waals surface area (Å²) >= 11 is 0. The maximum atomic E-state index is 13.4. The van der Waals surface area contributed by atoms with Crippen molar-refractivity contribution in [1.29, 1.82) is 0 Å². The minimum atomic E-state index is -4.54. The lowest BCUT2D eigenvalue weighted by atomic mass is 9.96. The molecule has 1 aromatic rings. The van der Waals surface area contributed by atoms with E-state index in [9.17, 15) is 22.8 Å². The van der Waals surface area contributed by atoms with E-state index in [1.807, 2.05) is 0 Å². The van der Waals surface area contributed by atoms with Crippen LogP contribution in [0.25, 0.3) is 0 Å². The largest absolute Gasteiger partial charge is 0.481 e. The Hall–Kier alpha value is -2.32. The first-order chi connectivity index (χ1) is 11.6. The second kappa shape index (κ2) is 7.28. The lowest BCUT2D eigenvalue weighted by Gasteiger charge is -2.40. The molecule has 1 aliphatic heterocycles. The van der Waals surface area contributed by atoms with Gasteiger partial charge in [-0.2, -0.15) is 13.2 Å². The van der Waals surface area contributed by atoms with Crippen molar-refractivity contribution in [1.82, 2.24) is 15.2 Å². The number of carbonyl (C=O) groups is 2. The molecule has 6 nitrogen and oxygen atoms in total. The summed E-state index contributed by atoms with van der Waals surface area (Å²) in [7, 11) is 1.36. The average molecular weight is 359 g/mol. The summed E-state index contributed by atoms with van der Waals surface area (Å²) in [6.07, 6.45) is -4.64. The molecule has 2 rings (SSSR count). The number of ether oxygens (including phenoxy) is 1. The van der Waals surface area contributed by atoms with Gasteiger partial charge in [0.25, 0.3) is 5.91 Å². The van der Waals surface area contributed by atoms with Crippen LogP contribution in [0.1, 0.15) is 35.8 Å². The van der Waals surface area contributed by atoms with Gasteiger partial charge in [0, 0.05) is 36.8 Å². The number of piperidine rings is 1. The first kappa shape index (κ1) is 19.0. The van der Waals surface area contributed by atoms with Crippen molar-refractivity contribution in [2.75, 3.05) is 13.7 Å². The third-order valence-corrected chi connectivity index (χ3v) is 4.01. The van der Waals surface area contributed by atoms with Crippen LogP contribution in [0, 0.1) is 6.92 Å². The molecule has 138 valence electrons. The van der Waals surface area contributed by atoms with Crippen molar-refractivity contribution in [2.24, 2.45) is 0 Å². The number of nitrogens with zero attached hydrogens (tertiary/aromatic N) is 2. The third-order valence-electron chi connectivity index (χ3n) is 4.01. The fraction of sp³-hybridized carbons (Fsp3) is 0.562. The first-order valence-corrected chi connectivity index (χ1v) is 7.79. The summed E-state index contributed by atoms with van der Waals surface area (Å²) in [4.78, 5) is 28.7. The fourth-order valence-corrected chi connectivity index (χ4v) is 2.97. The quantitative estimate of drug-likeness (QED) is 0.897. The predicted octanol–water partition coefficient (Wildman–Crippen LogP) is 2.07. The number of rotatable bonds is 3. The molecule has 1 aliphatic rings. The number of pyridine rings is 1. The summed E-state index contributed by atoms with van der Waals surface area (Å²) in [5, 5.41) is 2.59. The second-order valence-corrected chi connectivity index (χ2v) is 6.03. The zero-order valence-electron chi connectivity index (χ0n) is 14.2. The van der Waals surface area contributed by atoms with Gasteiger partial charge in [-0.3, -0.25) is 9.59 Å². The molecule has 0 aromatic carbocycles. The third kappa shape index (κ3) is 4.61. The van der Waals surface area contributed by atoms with E-state index in [1.165, 1.54) is 26.2 Å². The minimum Gasteiger partial charge on any atom is -0.481 e. The summed E-state index contributed by atoms with van der Waals surface area (Å²) in [6, 6.07) is 0.333. The monoisotopic (exact) mass is 359 g/mol. The van der Waals surface area contributed by atoms with Crippen molar-refractivity contribution in [3.8, 4) is 5.88 Å². The highest BCUT2D eigenvalue weighted by atomic mass is 19.4. The molecule has 0 aliphatic carbocycles. The van der Waals surface area contributed by atoms with Gasteiger partial charge >= 0.3 is 6.18 Å². The number of nitrogens with one attached hydrogen (secondary N) is 1. The zero-order chi connectivity index (χ0) is 18.8. The van der Waals surface area contributed by atoms with Crippen LogP contribution < -0.4 is 10.1 Å². The molecule has 1 aromatic heterocycles. The van der Waals surface area contributed by atoms with Gasteiger partial charge in [-0.15, -0.1) is 0 Å². The van der Waals surface area contributed by atoms with Gasteiger partial charge in [0.15, 0.2) is 0 Å². The lowest BCUT2D eigenvalue weighted by molar-refractivity contribution is -0.184. The number of likely N-dealkylation sites (tertiary alicyclic amines) is 1. The lowest BCUT2D eigenvalue weighted by Crippen LogP contribution is -2.58. The van der Waals surface area contributed by atoms with Crippen molar-refractivity contribution < 1.29 is 27.5 Å². The fourth-order valence-electron chi connectivity index (χ4n) is 2.97. The Balaban J connectivity index is 2.33. The number of carbonyl (C=O) groups excluding carboxylic acids is 2. The number of aromatic nitrogens is 1. The van der Waals surface area contributed by atoms with Crippen LogP contribution in [0.3, 0.4) is 0 Å². The molecular weight excluding hydrogens is 339 g/mol. The van der Waals surface area contributed by atoms with Crippen molar-refractivity contribution in [3.63, 3.8) is 0 Å². The second-order valence-electron chi connectivity index (χ2n) is 6.03. The number of aryl methyl sites for hydroxylation is 1. The maximum Gasteiger partial charge on any atom is 0.408 e. The van der Waals surface area contributed by atoms with Crippen LogP contribution in [0.5, 0.6) is 5.88 Å². The molecule has 2 unspecified atom stereocenters. The number of amides is 2. The molecule has 1 saturated heterocycles. The molecule has 1 fully saturated rings. The molecule has 0 radical (unpaired) electrons. The molecule has 0 spiro atoms. The number of hydrogen-bond acceptors (Lipinski definition) is 4. The maximum absolute atomic E-state index is 13.4. The minimum absolute atomic E-state index is 0.0714. The number of methoxy groups -OCH3 is 1. The number of hydrogen-bond donors (Lipinski definition) is 1. The van der Waals surface area contributed by atoms with Crippen LogP contribution >= 0.6 is 0 Å². The molecule has 25 heavy (non-hydrogen) atoms. The van der Waals surface area contributed by atoms with Gasteiger partial charge in [0.05, 0.1) is 7.11 Å². The van der Waals surface area contributed by atoms with Crippen molar-refractivity contribution >= 4 is 11.8 Å². The van der Waals surface area contributed by atoms with E-state index in [-0.39, 0.29) is 36.7 Å². The van der Waals surface area contributed by atoms with E-state index in [0.717, 1.165) is 4.90 Å². The van der Waals surface area contributed by atoms with E-state index >= 15 is 0 Å². The standard InChI is InChI=1S/C16H20F3N3O3/c1-9-6-11(7-14(20-9)25-3)15(24)22-8-12(21-10(2)23)4-5-13(22)16(17,18)19/h6-7,12-13H,4-5,8H2,1-3H3,(H,21,23). The number of alkyl halides is 3. The van der Waals surface area contributed by atoms with E-state index in [4.69, 9.17) is 4.74 Å². The highest BCUT2D eigenvalue weighted by molar-refractivity contribution is 5.95. The van der Waals surface area contributed by atoms with Gasteiger partial charge in [-0.25, -0.2) is 4.98 Å².